The largest absolute Gasteiger partial charge is 0.497 e. The van der Waals surface area contributed by atoms with E-state index in [0.29, 0.717) is 11.0 Å². The molecule has 0 heterocycles. The third-order valence-corrected chi connectivity index (χ3v) is 3.88. The molecule has 6 heteroatoms. The minimum absolute atomic E-state index is 0.176. The van der Waals surface area contributed by atoms with Gasteiger partial charge in [-0.3, -0.25) is 15.6 Å². The fourth-order valence-electron chi connectivity index (χ4n) is 2.21. The zero-order valence-corrected chi connectivity index (χ0v) is 15.4. The van der Waals surface area contributed by atoms with Crippen molar-refractivity contribution >= 4 is 28.9 Å². The molecule has 0 aliphatic heterocycles. The lowest BCUT2D eigenvalue weighted by Crippen LogP contribution is -2.44. The van der Waals surface area contributed by atoms with Crippen molar-refractivity contribution in [1.29, 1.82) is 0 Å². The van der Waals surface area contributed by atoms with E-state index in [-0.39, 0.29) is 12.3 Å². The number of hydrogen-bond acceptors (Lipinski definition) is 3. The van der Waals surface area contributed by atoms with Gasteiger partial charge in [-0.1, -0.05) is 38.1 Å². The molecule has 0 aliphatic carbocycles. The van der Waals surface area contributed by atoms with Crippen molar-refractivity contribution in [3.05, 3.63) is 59.7 Å². The molecule has 2 aromatic rings. The van der Waals surface area contributed by atoms with Crippen molar-refractivity contribution in [1.82, 2.24) is 10.9 Å². The van der Waals surface area contributed by atoms with E-state index >= 15 is 0 Å². The number of anilines is 1. The number of carbonyl (C=O) groups excluding carboxylic acids is 1. The number of amides is 1. The number of hydrazine groups is 1. The van der Waals surface area contributed by atoms with Crippen molar-refractivity contribution < 1.29 is 9.53 Å². The van der Waals surface area contributed by atoms with Crippen LogP contribution in [-0.4, -0.2) is 18.1 Å². The molecule has 3 N–H and O–H groups in total. The summed E-state index contributed by atoms with van der Waals surface area (Å²) in [4.78, 5) is 12.0. The SMILES string of the molecule is COc1ccc(CC(=O)NNC(=S)Nc2ccc(C(C)C)cc2)cc1. The first kappa shape index (κ1) is 18.7. The molecular weight excluding hydrogens is 334 g/mol. The zero-order valence-electron chi connectivity index (χ0n) is 14.6. The molecule has 0 bridgehead atoms. The topological polar surface area (TPSA) is 62.4 Å². The Kier molecular flexibility index (Phi) is 6.77. The Morgan fingerprint density at radius 2 is 1.68 bits per heavy atom. The van der Waals surface area contributed by atoms with Gasteiger partial charge in [-0.25, -0.2) is 0 Å². The van der Waals surface area contributed by atoms with Crippen LogP contribution in [0.15, 0.2) is 48.5 Å². The third kappa shape index (κ3) is 6.08. The molecule has 0 fully saturated rings. The van der Waals surface area contributed by atoms with Gasteiger partial charge in [0.2, 0.25) is 5.91 Å². The Hall–Kier alpha value is -2.60. The lowest BCUT2D eigenvalue weighted by Gasteiger charge is -2.12. The van der Waals surface area contributed by atoms with Gasteiger partial charge in [0.15, 0.2) is 5.11 Å². The molecule has 0 aliphatic rings. The van der Waals surface area contributed by atoms with E-state index in [1.54, 1.807) is 7.11 Å². The van der Waals surface area contributed by atoms with Gasteiger partial charge in [0.05, 0.1) is 13.5 Å². The number of ether oxygens (including phenoxy) is 1. The molecule has 2 rings (SSSR count). The fourth-order valence-corrected chi connectivity index (χ4v) is 2.38. The molecule has 25 heavy (non-hydrogen) atoms. The molecule has 0 atom stereocenters. The molecule has 0 saturated carbocycles. The van der Waals surface area contributed by atoms with Crippen LogP contribution in [0.2, 0.25) is 0 Å². The van der Waals surface area contributed by atoms with Gasteiger partial charge in [0.1, 0.15) is 5.75 Å². The van der Waals surface area contributed by atoms with Crippen molar-refractivity contribution in [2.75, 3.05) is 12.4 Å². The van der Waals surface area contributed by atoms with E-state index in [4.69, 9.17) is 17.0 Å². The summed E-state index contributed by atoms with van der Waals surface area (Å²) in [5, 5.41) is 3.37. The van der Waals surface area contributed by atoms with Crippen molar-refractivity contribution in [2.45, 2.75) is 26.2 Å². The maximum Gasteiger partial charge on any atom is 0.242 e. The summed E-state index contributed by atoms with van der Waals surface area (Å²) in [6.45, 7) is 4.29. The van der Waals surface area contributed by atoms with Crippen LogP contribution < -0.4 is 20.9 Å². The standard InChI is InChI=1S/C19H23N3O2S/c1-13(2)15-6-8-16(9-7-15)20-19(25)22-21-18(23)12-14-4-10-17(24-3)11-5-14/h4-11,13H,12H2,1-3H3,(H,21,23)(H2,20,22,25). The highest BCUT2D eigenvalue weighted by Crippen LogP contribution is 2.17. The third-order valence-electron chi connectivity index (χ3n) is 3.67. The molecule has 0 aromatic heterocycles. The summed E-state index contributed by atoms with van der Waals surface area (Å²) in [5.74, 6) is 1.07. The fraction of sp³-hybridized carbons (Fsp3) is 0.263. The molecule has 132 valence electrons. The summed E-state index contributed by atoms with van der Waals surface area (Å²) in [5.41, 5.74) is 8.31. The van der Waals surface area contributed by atoms with Gasteiger partial charge in [0.25, 0.3) is 0 Å². The maximum atomic E-state index is 12.0. The summed E-state index contributed by atoms with van der Waals surface area (Å²) in [6.07, 6.45) is 0.253. The summed E-state index contributed by atoms with van der Waals surface area (Å²) >= 11 is 5.18. The molecule has 5 nitrogen and oxygen atoms in total. The molecule has 0 spiro atoms. The van der Waals surface area contributed by atoms with Crippen LogP contribution in [0.1, 0.15) is 30.9 Å². The number of methoxy groups -OCH3 is 1. The first-order chi connectivity index (χ1) is 12.0. The van der Waals surface area contributed by atoms with Gasteiger partial charge in [-0.05, 0) is 53.5 Å². The minimum Gasteiger partial charge on any atom is -0.497 e. The average molecular weight is 357 g/mol. The lowest BCUT2D eigenvalue weighted by atomic mass is 10.0. The maximum absolute atomic E-state index is 12.0. The highest BCUT2D eigenvalue weighted by Gasteiger charge is 2.05. The predicted octanol–water partition coefficient (Wildman–Crippen LogP) is 3.38. The summed E-state index contributed by atoms with van der Waals surface area (Å²) < 4.78 is 5.09. The number of carbonyl (C=O) groups is 1. The van der Waals surface area contributed by atoms with Crippen molar-refractivity contribution in [2.24, 2.45) is 0 Å². The van der Waals surface area contributed by atoms with Gasteiger partial charge in [0, 0.05) is 5.69 Å². The molecule has 1 amide bonds. The van der Waals surface area contributed by atoms with Crippen LogP contribution >= 0.6 is 12.2 Å². The lowest BCUT2D eigenvalue weighted by molar-refractivity contribution is -0.120. The van der Waals surface area contributed by atoms with Crippen LogP contribution in [0, 0.1) is 0 Å². The van der Waals surface area contributed by atoms with Gasteiger partial charge < -0.3 is 10.1 Å². The molecule has 0 unspecified atom stereocenters. The van der Waals surface area contributed by atoms with E-state index in [9.17, 15) is 4.79 Å². The van der Waals surface area contributed by atoms with E-state index < -0.39 is 0 Å². The Balaban J connectivity index is 1.77. The Morgan fingerprint density at radius 1 is 1.04 bits per heavy atom. The number of rotatable bonds is 5. The van der Waals surface area contributed by atoms with Crippen molar-refractivity contribution in [3.63, 3.8) is 0 Å². The zero-order chi connectivity index (χ0) is 18.2. The number of benzene rings is 2. The first-order valence-corrected chi connectivity index (χ1v) is 8.47. The second-order valence-corrected chi connectivity index (χ2v) is 6.34. The molecule has 0 saturated heterocycles. The highest BCUT2D eigenvalue weighted by molar-refractivity contribution is 7.80. The van der Waals surface area contributed by atoms with Gasteiger partial charge in [-0.15, -0.1) is 0 Å². The average Bonchev–Trinajstić information content (AvgIpc) is 2.61. The molecular formula is C19H23N3O2S. The van der Waals surface area contributed by atoms with E-state index in [1.807, 2.05) is 36.4 Å². The summed E-state index contributed by atoms with van der Waals surface area (Å²) in [6, 6.07) is 15.4. The van der Waals surface area contributed by atoms with Crippen LogP contribution in [0.4, 0.5) is 5.69 Å². The molecule has 0 radical (unpaired) electrons. The van der Waals surface area contributed by atoms with Crippen LogP contribution in [0.3, 0.4) is 0 Å². The van der Waals surface area contributed by atoms with Crippen LogP contribution in [0.25, 0.3) is 0 Å². The summed E-state index contributed by atoms with van der Waals surface area (Å²) in [7, 11) is 1.61. The second-order valence-electron chi connectivity index (χ2n) is 5.93. The number of nitrogens with one attached hydrogen (secondary N) is 3. The minimum atomic E-state index is -0.176. The highest BCUT2D eigenvalue weighted by atomic mass is 32.1. The van der Waals surface area contributed by atoms with E-state index in [2.05, 4.69) is 42.1 Å². The Morgan fingerprint density at radius 3 is 2.24 bits per heavy atom. The normalized spacial score (nSPS) is 10.2. The first-order valence-electron chi connectivity index (χ1n) is 8.06. The quantitative estimate of drug-likeness (QED) is 0.566. The monoisotopic (exact) mass is 357 g/mol. The van der Waals surface area contributed by atoms with Crippen LogP contribution in [0.5, 0.6) is 5.75 Å². The Bertz CT molecular complexity index is 712. The van der Waals surface area contributed by atoms with Crippen LogP contribution in [-0.2, 0) is 11.2 Å². The van der Waals surface area contributed by atoms with Gasteiger partial charge >= 0.3 is 0 Å². The van der Waals surface area contributed by atoms with Crippen molar-refractivity contribution in [3.8, 4) is 5.75 Å². The number of thiocarbonyl (C=S) groups is 1. The number of hydrogen-bond donors (Lipinski definition) is 3. The predicted molar refractivity (Wildman–Crippen MR) is 105 cm³/mol. The van der Waals surface area contributed by atoms with E-state index in [0.717, 1.165) is 17.0 Å². The Labute approximate surface area is 153 Å². The molecule has 2 aromatic carbocycles. The smallest absolute Gasteiger partial charge is 0.242 e. The second kappa shape index (κ2) is 9.03. The van der Waals surface area contributed by atoms with E-state index in [1.165, 1.54) is 5.56 Å². The van der Waals surface area contributed by atoms with Gasteiger partial charge in [-0.2, -0.15) is 0 Å².